The Morgan fingerprint density at radius 1 is 1.30 bits per heavy atom. The van der Waals surface area contributed by atoms with E-state index in [1.165, 1.54) is 6.07 Å². The summed E-state index contributed by atoms with van der Waals surface area (Å²) >= 11 is 0. The minimum Gasteiger partial charge on any atom is -0.452 e. The molecule has 0 saturated carbocycles. The van der Waals surface area contributed by atoms with Gasteiger partial charge in [0.15, 0.2) is 11.6 Å². The Hall–Kier alpha value is -1.94. The van der Waals surface area contributed by atoms with Gasteiger partial charge in [-0.1, -0.05) is 19.1 Å². The van der Waals surface area contributed by atoms with Gasteiger partial charge in [-0.15, -0.1) is 0 Å². The molecule has 0 amide bonds. The van der Waals surface area contributed by atoms with Crippen molar-refractivity contribution in [1.29, 1.82) is 0 Å². The van der Waals surface area contributed by atoms with E-state index in [4.69, 9.17) is 4.74 Å². The van der Waals surface area contributed by atoms with Gasteiger partial charge in [-0.25, -0.2) is 4.39 Å². The van der Waals surface area contributed by atoms with Gasteiger partial charge in [-0.05, 0) is 38.6 Å². The van der Waals surface area contributed by atoms with Gasteiger partial charge in [0.1, 0.15) is 5.75 Å². The molecule has 0 spiro atoms. The lowest BCUT2D eigenvalue weighted by Gasteiger charge is -2.18. The maximum absolute atomic E-state index is 14.1. The van der Waals surface area contributed by atoms with Crippen molar-refractivity contribution in [3.63, 3.8) is 0 Å². The summed E-state index contributed by atoms with van der Waals surface area (Å²) < 4.78 is 19.9. The van der Waals surface area contributed by atoms with Gasteiger partial charge in [-0.2, -0.15) is 0 Å². The first-order valence-corrected chi connectivity index (χ1v) is 6.74. The SMILES string of the molecule is CCNC(C)c1cccc(F)c1Oc1cccnc1C. The van der Waals surface area contributed by atoms with E-state index < -0.39 is 0 Å². The topological polar surface area (TPSA) is 34.1 Å². The van der Waals surface area contributed by atoms with Gasteiger partial charge >= 0.3 is 0 Å². The zero-order valence-corrected chi connectivity index (χ0v) is 12.0. The Labute approximate surface area is 118 Å². The van der Waals surface area contributed by atoms with Crippen molar-refractivity contribution in [3.8, 4) is 11.5 Å². The van der Waals surface area contributed by atoms with E-state index in [0.717, 1.165) is 17.8 Å². The maximum Gasteiger partial charge on any atom is 0.167 e. The third-order valence-electron chi connectivity index (χ3n) is 3.14. The first-order valence-electron chi connectivity index (χ1n) is 6.74. The second-order valence-corrected chi connectivity index (χ2v) is 4.63. The van der Waals surface area contributed by atoms with E-state index in [1.54, 1.807) is 24.4 Å². The molecule has 3 nitrogen and oxygen atoms in total. The molecule has 0 aliphatic heterocycles. The van der Waals surface area contributed by atoms with Crippen molar-refractivity contribution in [2.75, 3.05) is 6.54 Å². The van der Waals surface area contributed by atoms with Crippen LogP contribution in [0.2, 0.25) is 0 Å². The maximum atomic E-state index is 14.1. The van der Waals surface area contributed by atoms with Crippen LogP contribution in [0, 0.1) is 12.7 Å². The Morgan fingerprint density at radius 2 is 2.10 bits per heavy atom. The zero-order chi connectivity index (χ0) is 14.5. The number of hydrogen-bond acceptors (Lipinski definition) is 3. The Bertz CT molecular complexity index is 586. The standard InChI is InChI=1S/C16H19FN2O/c1-4-18-11(2)13-7-5-8-14(17)16(13)20-15-9-6-10-19-12(15)3/h5-11,18H,4H2,1-3H3. The average Bonchev–Trinajstić information content (AvgIpc) is 2.43. The molecule has 1 atom stereocenters. The normalized spacial score (nSPS) is 12.2. The Balaban J connectivity index is 2.38. The third-order valence-corrected chi connectivity index (χ3v) is 3.14. The highest BCUT2D eigenvalue weighted by molar-refractivity contribution is 5.41. The van der Waals surface area contributed by atoms with E-state index in [9.17, 15) is 4.39 Å². The molecule has 20 heavy (non-hydrogen) atoms. The summed E-state index contributed by atoms with van der Waals surface area (Å²) in [6.45, 7) is 6.65. The summed E-state index contributed by atoms with van der Waals surface area (Å²) in [7, 11) is 0. The zero-order valence-electron chi connectivity index (χ0n) is 12.0. The van der Waals surface area contributed by atoms with Gasteiger partial charge < -0.3 is 10.1 Å². The van der Waals surface area contributed by atoms with Crippen LogP contribution in [0.25, 0.3) is 0 Å². The van der Waals surface area contributed by atoms with Gasteiger partial charge in [-0.3, -0.25) is 4.98 Å². The fourth-order valence-corrected chi connectivity index (χ4v) is 2.08. The number of pyridine rings is 1. The van der Waals surface area contributed by atoms with Crippen molar-refractivity contribution < 1.29 is 9.13 Å². The Kier molecular flexibility index (Phi) is 4.69. The number of hydrogen-bond donors (Lipinski definition) is 1. The molecule has 0 bridgehead atoms. The number of halogens is 1. The van der Waals surface area contributed by atoms with E-state index in [0.29, 0.717) is 5.75 Å². The van der Waals surface area contributed by atoms with Crippen LogP contribution in [0.4, 0.5) is 4.39 Å². The summed E-state index contributed by atoms with van der Waals surface area (Å²) in [6.07, 6.45) is 1.69. The summed E-state index contributed by atoms with van der Waals surface area (Å²) in [5.41, 5.74) is 1.54. The van der Waals surface area contributed by atoms with Crippen LogP contribution in [0.3, 0.4) is 0 Å². The Morgan fingerprint density at radius 3 is 2.80 bits per heavy atom. The summed E-state index contributed by atoms with van der Waals surface area (Å²) in [6, 6.07) is 8.55. The fraction of sp³-hybridized carbons (Fsp3) is 0.312. The minimum atomic E-state index is -0.365. The van der Waals surface area contributed by atoms with Crippen LogP contribution in [0.15, 0.2) is 36.5 Å². The molecule has 1 aromatic heterocycles. The number of rotatable bonds is 5. The van der Waals surface area contributed by atoms with Crippen molar-refractivity contribution >= 4 is 0 Å². The van der Waals surface area contributed by atoms with Gasteiger partial charge in [0.25, 0.3) is 0 Å². The second-order valence-electron chi connectivity index (χ2n) is 4.63. The number of benzene rings is 1. The minimum absolute atomic E-state index is 0.0164. The average molecular weight is 274 g/mol. The van der Waals surface area contributed by atoms with E-state index in [1.807, 2.05) is 26.8 Å². The third kappa shape index (κ3) is 3.14. The number of aryl methyl sites for hydroxylation is 1. The van der Waals surface area contributed by atoms with Crippen LogP contribution in [0.1, 0.15) is 31.1 Å². The number of aromatic nitrogens is 1. The lowest BCUT2D eigenvalue weighted by atomic mass is 10.1. The number of ether oxygens (including phenoxy) is 1. The molecular formula is C16H19FN2O. The van der Waals surface area contributed by atoms with Crippen LogP contribution in [-0.4, -0.2) is 11.5 Å². The molecule has 2 rings (SSSR count). The van der Waals surface area contributed by atoms with Gasteiger partial charge in [0.05, 0.1) is 5.69 Å². The fourth-order valence-electron chi connectivity index (χ4n) is 2.08. The van der Waals surface area contributed by atoms with Crippen molar-refractivity contribution in [3.05, 3.63) is 53.6 Å². The van der Waals surface area contributed by atoms with E-state index >= 15 is 0 Å². The molecule has 0 saturated heterocycles. The van der Waals surface area contributed by atoms with E-state index in [-0.39, 0.29) is 17.6 Å². The van der Waals surface area contributed by atoms with Crippen LogP contribution < -0.4 is 10.1 Å². The van der Waals surface area contributed by atoms with Crippen molar-refractivity contribution in [2.24, 2.45) is 0 Å². The molecule has 1 aromatic carbocycles. The quantitative estimate of drug-likeness (QED) is 0.895. The number of para-hydroxylation sites is 1. The second kappa shape index (κ2) is 6.48. The molecule has 0 fully saturated rings. The molecule has 1 N–H and O–H groups in total. The number of nitrogens with one attached hydrogen (secondary N) is 1. The highest BCUT2D eigenvalue weighted by Gasteiger charge is 2.16. The van der Waals surface area contributed by atoms with Gasteiger partial charge in [0.2, 0.25) is 0 Å². The lowest BCUT2D eigenvalue weighted by molar-refractivity contribution is 0.422. The largest absolute Gasteiger partial charge is 0.452 e. The molecule has 0 aliphatic rings. The predicted molar refractivity (Wildman–Crippen MR) is 77.5 cm³/mol. The highest BCUT2D eigenvalue weighted by atomic mass is 19.1. The van der Waals surface area contributed by atoms with Crippen molar-refractivity contribution in [2.45, 2.75) is 26.8 Å². The monoisotopic (exact) mass is 274 g/mol. The summed E-state index contributed by atoms with van der Waals surface area (Å²) in [4.78, 5) is 4.15. The lowest BCUT2D eigenvalue weighted by Crippen LogP contribution is -2.18. The predicted octanol–water partition coefficient (Wildman–Crippen LogP) is 3.99. The molecular weight excluding hydrogens is 255 g/mol. The molecule has 1 unspecified atom stereocenters. The van der Waals surface area contributed by atoms with Crippen LogP contribution >= 0.6 is 0 Å². The molecule has 0 radical (unpaired) electrons. The highest BCUT2D eigenvalue weighted by Crippen LogP contribution is 2.33. The summed E-state index contributed by atoms with van der Waals surface area (Å²) in [5.74, 6) is 0.468. The molecule has 0 aliphatic carbocycles. The van der Waals surface area contributed by atoms with Gasteiger partial charge in [0, 0.05) is 17.8 Å². The number of nitrogens with zero attached hydrogens (tertiary/aromatic N) is 1. The molecule has 2 aromatic rings. The van der Waals surface area contributed by atoms with E-state index in [2.05, 4.69) is 10.3 Å². The van der Waals surface area contributed by atoms with Crippen LogP contribution in [0.5, 0.6) is 11.5 Å². The molecule has 4 heteroatoms. The first kappa shape index (κ1) is 14.5. The smallest absolute Gasteiger partial charge is 0.167 e. The van der Waals surface area contributed by atoms with Crippen LogP contribution in [-0.2, 0) is 0 Å². The molecule has 106 valence electrons. The first-order chi connectivity index (χ1) is 9.63. The molecule has 1 heterocycles. The summed E-state index contributed by atoms with van der Waals surface area (Å²) in [5, 5.41) is 3.27. The van der Waals surface area contributed by atoms with Crippen molar-refractivity contribution in [1.82, 2.24) is 10.3 Å².